The van der Waals surface area contributed by atoms with E-state index in [2.05, 4.69) is 5.32 Å². The van der Waals surface area contributed by atoms with Crippen molar-refractivity contribution in [3.8, 4) is 0 Å². The van der Waals surface area contributed by atoms with E-state index in [9.17, 15) is 4.79 Å². The fourth-order valence-corrected chi connectivity index (χ4v) is 1.94. The van der Waals surface area contributed by atoms with E-state index in [-0.39, 0.29) is 11.5 Å². The van der Waals surface area contributed by atoms with Crippen LogP contribution in [0.15, 0.2) is 24.3 Å². The van der Waals surface area contributed by atoms with Crippen molar-refractivity contribution in [1.82, 2.24) is 0 Å². The zero-order valence-electron chi connectivity index (χ0n) is 7.87. The third-order valence-corrected chi connectivity index (χ3v) is 2.67. The van der Waals surface area contributed by atoms with Crippen molar-refractivity contribution < 1.29 is 4.79 Å². The van der Waals surface area contributed by atoms with Crippen molar-refractivity contribution in [2.24, 2.45) is 0 Å². The molecule has 2 heteroatoms. The summed E-state index contributed by atoms with van der Waals surface area (Å²) >= 11 is 0. The highest BCUT2D eigenvalue weighted by Crippen LogP contribution is 2.40. The lowest BCUT2D eigenvalue weighted by atomic mass is 9.87. The van der Waals surface area contributed by atoms with Crippen molar-refractivity contribution >= 4 is 12.0 Å². The topological polar surface area (TPSA) is 29.1 Å². The Labute approximate surface area is 78.0 Å². The fraction of sp³-hybridized carbons (Fsp3) is 0.364. The van der Waals surface area contributed by atoms with Crippen LogP contribution in [0.25, 0.3) is 0 Å². The first-order valence-corrected chi connectivity index (χ1v) is 4.47. The van der Waals surface area contributed by atoms with Crippen molar-refractivity contribution in [1.29, 1.82) is 0 Å². The Morgan fingerprint density at radius 2 is 2.08 bits per heavy atom. The van der Waals surface area contributed by atoms with Gasteiger partial charge in [0.1, 0.15) is 6.29 Å². The molecule has 1 aliphatic heterocycles. The monoisotopic (exact) mass is 175 g/mol. The van der Waals surface area contributed by atoms with Crippen LogP contribution in [0.3, 0.4) is 0 Å². The molecule has 0 aliphatic carbocycles. The molecule has 2 rings (SSSR count). The second-order valence-corrected chi connectivity index (χ2v) is 4.05. The largest absolute Gasteiger partial charge is 0.379 e. The second kappa shape index (κ2) is 2.59. The van der Waals surface area contributed by atoms with E-state index < -0.39 is 0 Å². The summed E-state index contributed by atoms with van der Waals surface area (Å²) in [6.45, 7) is 4.10. The molecule has 0 amide bonds. The minimum Gasteiger partial charge on any atom is -0.379 e. The van der Waals surface area contributed by atoms with Gasteiger partial charge in [-0.1, -0.05) is 18.2 Å². The molecule has 1 aromatic carbocycles. The van der Waals surface area contributed by atoms with Gasteiger partial charge in [0.15, 0.2) is 0 Å². The van der Waals surface area contributed by atoms with Gasteiger partial charge in [-0.3, -0.25) is 0 Å². The molecule has 68 valence electrons. The van der Waals surface area contributed by atoms with Gasteiger partial charge in [-0.2, -0.15) is 0 Å². The SMILES string of the molecule is CC1(C)Nc2ccccc2C1C=O. The van der Waals surface area contributed by atoms with Crippen molar-refractivity contribution in [3.63, 3.8) is 0 Å². The summed E-state index contributed by atoms with van der Waals surface area (Å²) in [5, 5.41) is 3.34. The Hall–Kier alpha value is -1.31. The molecule has 1 heterocycles. The zero-order chi connectivity index (χ0) is 9.47. The summed E-state index contributed by atoms with van der Waals surface area (Å²) in [5.41, 5.74) is 2.05. The number of nitrogens with one attached hydrogen (secondary N) is 1. The Kier molecular flexibility index (Phi) is 1.65. The molecule has 0 spiro atoms. The molecule has 2 nitrogen and oxygen atoms in total. The Balaban J connectivity index is 2.52. The highest BCUT2D eigenvalue weighted by Gasteiger charge is 2.37. The molecule has 0 radical (unpaired) electrons. The van der Waals surface area contributed by atoms with E-state index in [0.717, 1.165) is 17.5 Å². The molecule has 0 saturated heterocycles. The molecule has 0 saturated carbocycles. The van der Waals surface area contributed by atoms with E-state index in [1.165, 1.54) is 0 Å². The number of carbonyl (C=O) groups excluding carboxylic acids is 1. The molecule has 1 unspecified atom stereocenters. The van der Waals surface area contributed by atoms with Crippen LogP contribution in [0.2, 0.25) is 0 Å². The van der Waals surface area contributed by atoms with E-state index in [1.54, 1.807) is 0 Å². The Bertz CT molecular complexity index is 344. The summed E-state index contributed by atoms with van der Waals surface area (Å²) in [4.78, 5) is 10.9. The number of fused-ring (bicyclic) bond motifs is 1. The lowest BCUT2D eigenvalue weighted by Crippen LogP contribution is -2.32. The first-order chi connectivity index (χ1) is 6.15. The molecule has 0 aromatic heterocycles. The van der Waals surface area contributed by atoms with E-state index in [0.29, 0.717) is 0 Å². The lowest BCUT2D eigenvalue weighted by Gasteiger charge is -2.23. The van der Waals surface area contributed by atoms with Gasteiger partial charge >= 0.3 is 0 Å². The standard InChI is InChI=1S/C11H13NO/c1-11(2)9(7-13)8-5-3-4-6-10(8)12-11/h3-7,9,12H,1-2H3. The third kappa shape index (κ3) is 1.13. The van der Waals surface area contributed by atoms with Gasteiger partial charge in [-0.25, -0.2) is 0 Å². The van der Waals surface area contributed by atoms with Crippen molar-refractivity contribution in [2.75, 3.05) is 5.32 Å². The van der Waals surface area contributed by atoms with Gasteiger partial charge < -0.3 is 10.1 Å². The highest BCUT2D eigenvalue weighted by atomic mass is 16.1. The third-order valence-electron chi connectivity index (χ3n) is 2.67. The highest BCUT2D eigenvalue weighted by molar-refractivity contribution is 5.76. The fourth-order valence-electron chi connectivity index (χ4n) is 1.94. The number of hydrogen-bond acceptors (Lipinski definition) is 2. The summed E-state index contributed by atoms with van der Waals surface area (Å²) in [6, 6.07) is 7.98. The maximum Gasteiger partial charge on any atom is 0.129 e. The second-order valence-electron chi connectivity index (χ2n) is 4.05. The molecule has 1 atom stereocenters. The van der Waals surface area contributed by atoms with Crippen LogP contribution in [0.5, 0.6) is 0 Å². The Morgan fingerprint density at radius 1 is 1.38 bits per heavy atom. The van der Waals surface area contributed by atoms with Crippen molar-refractivity contribution in [2.45, 2.75) is 25.3 Å². The number of hydrogen-bond donors (Lipinski definition) is 1. The van der Waals surface area contributed by atoms with Crippen LogP contribution in [0, 0.1) is 0 Å². The van der Waals surface area contributed by atoms with Crippen molar-refractivity contribution in [3.05, 3.63) is 29.8 Å². The maximum atomic E-state index is 10.9. The van der Waals surface area contributed by atoms with Crippen LogP contribution in [-0.4, -0.2) is 11.8 Å². The molecule has 0 fully saturated rings. The average molecular weight is 175 g/mol. The quantitative estimate of drug-likeness (QED) is 0.663. The first kappa shape index (κ1) is 8.30. The molecular weight excluding hydrogens is 162 g/mol. The van der Waals surface area contributed by atoms with Crippen LogP contribution in [0.4, 0.5) is 5.69 Å². The maximum absolute atomic E-state index is 10.9. The average Bonchev–Trinajstić information content (AvgIpc) is 2.33. The van der Waals surface area contributed by atoms with E-state index in [4.69, 9.17) is 0 Å². The number of benzene rings is 1. The molecular formula is C11H13NO. The predicted octanol–water partition coefficient (Wildman–Crippen LogP) is 2.17. The summed E-state index contributed by atoms with van der Waals surface area (Å²) in [7, 11) is 0. The van der Waals surface area contributed by atoms with Gasteiger partial charge in [0.2, 0.25) is 0 Å². The van der Waals surface area contributed by atoms with Gasteiger partial charge in [0.25, 0.3) is 0 Å². The number of para-hydroxylation sites is 1. The number of rotatable bonds is 1. The van der Waals surface area contributed by atoms with Gasteiger partial charge in [0.05, 0.1) is 5.92 Å². The van der Waals surface area contributed by atoms with Gasteiger partial charge in [0, 0.05) is 11.2 Å². The van der Waals surface area contributed by atoms with E-state index >= 15 is 0 Å². The van der Waals surface area contributed by atoms with Crippen LogP contribution in [0.1, 0.15) is 25.3 Å². The first-order valence-electron chi connectivity index (χ1n) is 4.47. The van der Waals surface area contributed by atoms with Crippen LogP contribution >= 0.6 is 0 Å². The number of aldehydes is 1. The minimum atomic E-state index is -0.147. The molecule has 1 aliphatic rings. The number of anilines is 1. The summed E-state index contributed by atoms with van der Waals surface area (Å²) in [5.74, 6) is -0.0244. The lowest BCUT2D eigenvalue weighted by molar-refractivity contribution is -0.109. The number of carbonyl (C=O) groups is 1. The van der Waals surface area contributed by atoms with Crippen LogP contribution < -0.4 is 5.32 Å². The molecule has 1 aromatic rings. The summed E-state index contributed by atoms with van der Waals surface area (Å²) in [6.07, 6.45) is 1.03. The van der Waals surface area contributed by atoms with Gasteiger partial charge in [-0.05, 0) is 25.5 Å². The van der Waals surface area contributed by atoms with E-state index in [1.807, 2.05) is 38.1 Å². The smallest absolute Gasteiger partial charge is 0.129 e. The van der Waals surface area contributed by atoms with Gasteiger partial charge in [-0.15, -0.1) is 0 Å². The van der Waals surface area contributed by atoms with Crippen LogP contribution in [-0.2, 0) is 4.79 Å². The molecule has 13 heavy (non-hydrogen) atoms. The summed E-state index contributed by atoms with van der Waals surface area (Å²) < 4.78 is 0. The normalized spacial score (nSPS) is 23.4. The molecule has 0 bridgehead atoms. The minimum absolute atomic E-state index is 0.0244. The molecule has 1 N–H and O–H groups in total. The zero-order valence-corrected chi connectivity index (χ0v) is 7.87. The Morgan fingerprint density at radius 3 is 2.77 bits per heavy atom. The predicted molar refractivity (Wildman–Crippen MR) is 52.9 cm³/mol.